The van der Waals surface area contributed by atoms with E-state index in [4.69, 9.17) is 55.9 Å². The SMILES string of the molecule is O=C(COc1cccc(Cl)c1Cl)N/N=C/c1cccc(OC(=O)c2ccc(Cl)cc2Cl)c1. The lowest BCUT2D eigenvalue weighted by Crippen LogP contribution is -2.24. The number of carbonyl (C=O) groups excluding carboxylic acids is 2. The number of hydrogen-bond acceptors (Lipinski definition) is 5. The summed E-state index contributed by atoms with van der Waals surface area (Å²) in [5, 5.41) is 4.99. The maximum Gasteiger partial charge on any atom is 0.345 e. The van der Waals surface area contributed by atoms with Gasteiger partial charge in [0.2, 0.25) is 0 Å². The average molecular weight is 512 g/mol. The second-order valence-corrected chi connectivity index (χ2v) is 7.85. The normalized spacial score (nSPS) is 10.8. The summed E-state index contributed by atoms with van der Waals surface area (Å²) in [6.07, 6.45) is 1.39. The summed E-state index contributed by atoms with van der Waals surface area (Å²) >= 11 is 23.8. The maximum atomic E-state index is 12.3. The lowest BCUT2D eigenvalue weighted by molar-refractivity contribution is -0.123. The van der Waals surface area contributed by atoms with Gasteiger partial charge in [-0.25, -0.2) is 10.2 Å². The Morgan fingerprint density at radius 2 is 1.72 bits per heavy atom. The van der Waals surface area contributed by atoms with Crippen LogP contribution in [0.4, 0.5) is 0 Å². The van der Waals surface area contributed by atoms with E-state index in [0.717, 1.165) is 0 Å². The van der Waals surface area contributed by atoms with E-state index < -0.39 is 11.9 Å². The zero-order valence-electron chi connectivity index (χ0n) is 16.2. The molecule has 0 aliphatic heterocycles. The molecule has 1 amide bonds. The molecule has 3 aromatic rings. The van der Waals surface area contributed by atoms with E-state index >= 15 is 0 Å². The molecule has 0 saturated carbocycles. The number of ether oxygens (including phenoxy) is 2. The van der Waals surface area contributed by atoms with Gasteiger partial charge in [-0.15, -0.1) is 0 Å². The highest BCUT2D eigenvalue weighted by atomic mass is 35.5. The molecule has 0 saturated heterocycles. The number of halogens is 4. The van der Waals surface area contributed by atoms with Crippen LogP contribution in [0.25, 0.3) is 0 Å². The van der Waals surface area contributed by atoms with Crippen LogP contribution in [0.5, 0.6) is 11.5 Å². The monoisotopic (exact) mass is 510 g/mol. The van der Waals surface area contributed by atoms with Crippen LogP contribution in [0.3, 0.4) is 0 Å². The van der Waals surface area contributed by atoms with Gasteiger partial charge in [0.05, 0.1) is 21.8 Å². The van der Waals surface area contributed by atoms with Gasteiger partial charge in [0.25, 0.3) is 5.91 Å². The summed E-state index contributed by atoms with van der Waals surface area (Å²) < 4.78 is 10.7. The molecule has 1 N–H and O–H groups in total. The van der Waals surface area contributed by atoms with Gasteiger partial charge >= 0.3 is 5.97 Å². The van der Waals surface area contributed by atoms with Crippen molar-refractivity contribution < 1.29 is 19.1 Å². The maximum absolute atomic E-state index is 12.3. The van der Waals surface area contributed by atoms with E-state index in [2.05, 4.69) is 10.5 Å². The number of amides is 1. The van der Waals surface area contributed by atoms with Gasteiger partial charge in [0.1, 0.15) is 16.5 Å². The van der Waals surface area contributed by atoms with Gasteiger partial charge in [-0.1, -0.05) is 64.6 Å². The van der Waals surface area contributed by atoms with Crippen molar-refractivity contribution in [3.8, 4) is 11.5 Å². The highest BCUT2D eigenvalue weighted by molar-refractivity contribution is 6.43. The van der Waals surface area contributed by atoms with Crippen molar-refractivity contribution in [1.29, 1.82) is 0 Å². The molecule has 32 heavy (non-hydrogen) atoms. The minimum Gasteiger partial charge on any atom is -0.482 e. The van der Waals surface area contributed by atoms with E-state index in [-0.39, 0.29) is 33.7 Å². The van der Waals surface area contributed by atoms with Crippen molar-refractivity contribution in [3.05, 3.63) is 91.9 Å². The Morgan fingerprint density at radius 1 is 0.938 bits per heavy atom. The zero-order valence-corrected chi connectivity index (χ0v) is 19.2. The van der Waals surface area contributed by atoms with Crippen LogP contribution in [-0.2, 0) is 4.79 Å². The molecule has 0 fully saturated rings. The minimum absolute atomic E-state index is 0.183. The number of carbonyl (C=O) groups is 2. The van der Waals surface area contributed by atoms with E-state index in [9.17, 15) is 9.59 Å². The number of benzene rings is 3. The summed E-state index contributed by atoms with van der Waals surface area (Å²) in [6, 6.07) is 15.9. The molecular formula is C22H14Cl4N2O4. The Hall–Kier alpha value is -2.77. The molecule has 6 nitrogen and oxygen atoms in total. The smallest absolute Gasteiger partial charge is 0.345 e. The Bertz CT molecular complexity index is 1180. The lowest BCUT2D eigenvalue weighted by atomic mass is 10.2. The second kappa shape index (κ2) is 11.2. The van der Waals surface area contributed by atoms with Crippen LogP contribution in [0, 0.1) is 0 Å². The van der Waals surface area contributed by atoms with Crippen LogP contribution >= 0.6 is 46.4 Å². The molecule has 164 valence electrons. The first-order valence-electron chi connectivity index (χ1n) is 8.99. The van der Waals surface area contributed by atoms with Gasteiger partial charge in [0.15, 0.2) is 6.61 Å². The number of rotatable bonds is 7. The highest BCUT2D eigenvalue weighted by Gasteiger charge is 2.13. The number of hydrazone groups is 1. The van der Waals surface area contributed by atoms with E-state index in [1.165, 1.54) is 18.3 Å². The van der Waals surface area contributed by atoms with Crippen molar-refractivity contribution in [3.63, 3.8) is 0 Å². The molecule has 0 aromatic heterocycles. The van der Waals surface area contributed by atoms with Gasteiger partial charge in [0, 0.05) is 5.02 Å². The standard InChI is InChI=1S/C22H14Cl4N2O4/c23-14-7-8-16(18(25)10-14)22(30)32-15-4-1-3-13(9-15)11-27-28-20(29)12-31-19-6-2-5-17(24)21(19)26/h1-11H,12H2,(H,28,29)/b27-11+. The van der Waals surface area contributed by atoms with Crippen molar-refractivity contribution >= 4 is 64.5 Å². The van der Waals surface area contributed by atoms with Gasteiger partial charge < -0.3 is 9.47 Å². The highest BCUT2D eigenvalue weighted by Crippen LogP contribution is 2.31. The number of nitrogens with one attached hydrogen (secondary N) is 1. The van der Waals surface area contributed by atoms with Crippen molar-refractivity contribution in [1.82, 2.24) is 5.43 Å². The Morgan fingerprint density at radius 3 is 2.50 bits per heavy atom. The molecule has 0 aliphatic carbocycles. The third-order valence-electron chi connectivity index (χ3n) is 3.90. The second-order valence-electron chi connectivity index (χ2n) is 6.22. The zero-order chi connectivity index (χ0) is 23.1. The fraction of sp³-hybridized carbons (Fsp3) is 0.0455. The van der Waals surface area contributed by atoms with E-state index in [1.807, 2.05) is 0 Å². The fourth-order valence-electron chi connectivity index (χ4n) is 2.43. The molecule has 0 bridgehead atoms. The topological polar surface area (TPSA) is 77.0 Å². The number of nitrogens with zero attached hydrogens (tertiary/aromatic N) is 1. The van der Waals surface area contributed by atoms with Gasteiger partial charge in [-0.3, -0.25) is 4.79 Å². The predicted octanol–water partition coefficient (Wildman–Crippen LogP) is 6.05. The molecule has 10 heteroatoms. The first-order chi connectivity index (χ1) is 15.3. The predicted molar refractivity (Wildman–Crippen MR) is 126 cm³/mol. The van der Waals surface area contributed by atoms with Crippen LogP contribution in [-0.4, -0.2) is 24.7 Å². The first kappa shape index (κ1) is 23.9. The van der Waals surface area contributed by atoms with Crippen molar-refractivity contribution in [2.45, 2.75) is 0 Å². The number of esters is 1. The lowest BCUT2D eigenvalue weighted by Gasteiger charge is -2.08. The fourth-order valence-corrected chi connectivity index (χ4v) is 3.26. The summed E-state index contributed by atoms with van der Waals surface area (Å²) in [7, 11) is 0. The molecule has 3 rings (SSSR count). The van der Waals surface area contributed by atoms with Crippen LogP contribution < -0.4 is 14.9 Å². The molecular weight excluding hydrogens is 498 g/mol. The third-order valence-corrected chi connectivity index (χ3v) is 5.25. The molecule has 0 heterocycles. The van der Waals surface area contributed by atoms with Crippen molar-refractivity contribution in [2.75, 3.05) is 6.61 Å². The van der Waals surface area contributed by atoms with Crippen LogP contribution in [0.15, 0.2) is 65.8 Å². The quantitative estimate of drug-likeness (QED) is 0.181. The largest absolute Gasteiger partial charge is 0.482 e. The molecule has 0 spiro atoms. The van der Waals surface area contributed by atoms with Gasteiger partial charge in [-0.05, 0) is 48.0 Å². The minimum atomic E-state index is -0.633. The summed E-state index contributed by atoms with van der Waals surface area (Å²) in [5.41, 5.74) is 3.09. The molecule has 0 radical (unpaired) electrons. The first-order valence-corrected chi connectivity index (χ1v) is 10.5. The van der Waals surface area contributed by atoms with Crippen LogP contribution in [0.2, 0.25) is 20.1 Å². The third kappa shape index (κ3) is 6.61. The molecule has 0 aliphatic rings. The van der Waals surface area contributed by atoms with Crippen LogP contribution in [0.1, 0.15) is 15.9 Å². The Balaban J connectivity index is 1.55. The summed E-state index contributed by atoms with van der Waals surface area (Å²) in [6.45, 7) is -0.309. The van der Waals surface area contributed by atoms with E-state index in [0.29, 0.717) is 15.6 Å². The number of hydrogen-bond donors (Lipinski definition) is 1. The molecule has 0 atom stereocenters. The average Bonchev–Trinajstić information content (AvgIpc) is 2.75. The summed E-state index contributed by atoms with van der Waals surface area (Å²) in [5.74, 6) is -0.577. The Labute approximate surface area is 203 Å². The molecule has 3 aromatic carbocycles. The van der Waals surface area contributed by atoms with E-state index in [1.54, 1.807) is 48.5 Å². The summed E-state index contributed by atoms with van der Waals surface area (Å²) in [4.78, 5) is 24.2. The Kier molecular flexibility index (Phi) is 8.36. The van der Waals surface area contributed by atoms with Crippen molar-refractivity contribution in [2.24, 2.45) is 5.10 Å². The molecule has 0 unspecified atom stereocenters. The van der Waals surface area contributed by atoms with Gasteiger partial charge in [-0.2, -0.15) is 5.10 Å².